The molecule has 4 heteroatoms. The van der Waals surface area contributed by atoms with Gasteiger partial charge in [-0.3, -0.25) is 4.79 Å². The summed E-state index contributed by atoms with van der Waals surface area (Å²) >= 11 is 0. The van der Waals surface area contributed by atoms with E-state index in [-0.39, 0.29) is 12.5 Å². The summed E-state index contributed by atoms with van der Waals surface area (Å²) < 4.78 is 0. The number of amides is 1. The molecular weight excluding hydrogens is 410 g/mol. The highest BCUT2D eigenvalue weighted by Crippen LogP contribution is 2.11. The molecule has 0 aromatic heterocycles. The zero-order valence-electron chi connectivity index (χ0n) is 21.9. The van der Waals surface area contributed by atoms with Gasteiger partial charge in [0, 0.05) is 6.42 Å². The minimum Gasteiger partial charge on any atom is -0.394 e. The number of unbranched alkanes of at least 4 members (excludes halogenated alkanes) is 15. The SMILES string of the molecule is CCCCCCCCCCC/C=C/CC/C=C/C(O)C(CO)NC(=O)CCCCCCCC. The summed E-state index contributed by atoms with van der Waals surface area (Å²) in [5, 5.41) is 22.5. The normalized spacial score (nSPS) is 13.7. The molecule has 0 aliphatic rings. The van der Waals surface area contributed by atoms with Gasteiger partial charge >= 0.3 is 0 Å². The fourth-order valence-electron chi connectivity index (χ4n) is 3.95. The van der Waals surface area contributed by atoms with Crippen LogP contribution in [0.3, 0.4) is 0 Å². The molecule has 0 aromatic rings. The number of allylic oxidation sites excluding steroid dienone is 3. The van der Waals surface area contributed by atoms with Crippen LogP contribution in [0.15, 0.2) is 24.3 Å². The summed E-state index contributed by atoms with van der Waals surface area (Å²) in [5.41, 5.74) is 0. The number of hydrogen-bond donors (Lipinski definition) is 3. The van der Waals surface area contributed by atoms with E-state index in [4.69, 9.17) is 0 Å². The van der Waals surface area contributed by atoms with Gasteiger partial charge < -0.3 is 15.5 Å². The maximum absolute atomic E-state index is 12.1. The van der Waals surface area contributed by atoms with Crippen molar-refractivity contribution in [1.29, 1.82) is 0 Å². The zero-order chi connectivity index (χ0) is 24.4. The first kappa shape index (κ1) is 31.9. The number of carbonyl (C=O) groups is 1. The smallest absolute Gasteiger partial charge is 0.220 e. The van der Waals surface area contributed by atoms with Gasteiger partial charge in [0.25, 0.3) is 0 Å². The van der Waals surface area contributed by atoms with E-state index < -0.39 is 12.1 Å². The molecule has 4 nitrogen and oxygen atoms in total. The maximum atomic E-state index is 12.1. The van der Waals surface area contributed by atoms with Crippen molar-refractivity contribution in [2.75, 3.05) is 6.61 Å². The molecule has 3 N–H and O–H groups in total. The van der Waals surface area contributed by atoms with Gasteiger partial charge in [-0.15, -0.1) is 0 Å². The molecule has 0 rings (SSSR count). The van der Waals surface area contributed by atoms with Crippen LogP contribution in [-0.4, -0.2) is 34.9 Å². The van der Waals surface area contributed by atoms with Gasteiger partial charge in [-0.2, -0.15) is 0 Å². The summed E-state index contributed by atoms with van der Waals surface area (Å²) in [6.07, 6.45) is 29.8. The van der Waals surface area contributed by atoms with Crippen LogP contribution in [0.2, 0.25) is 0 Å². The first-order chi connectivity index (χ1) is 16.2. The number of carbonyl (C=O) groups excluding carboxylic acids is 1. The van der Waals surface area contributed by atoms with Crippen molar-refractivity contribution < 1.29 is 15.0 Å². The van der Waals surface area contributed by atoms with Crippen LogP contribution in [0, 0.1) is 0 Å². The largest absolute Gasteiger partial charge is 0.394 e. The lowest BCUT2D eigenvalue weighted by Gasteiger charge is -2.19. The number of hydrogen-bond acceptors (Lipinski definition) is 3. The predicted octanol–water partition coefficient (Wildman–Crippen LogP) is 7.39. The molecule has 0 aliphatic carbocycles. The molecule has 0 radical (unpaired) electrons. The highest BCUT2D eigenvalue weighted by molar-refractivity contribution is 5.76. The lowest BCUT2D eigenvalue weighted by atomic mass is 10.1. The van der Waals surface area contributed by atoms with Gasteiger partial charge in [-0.05, 0) is 32.1 Å². The maximum Gasteiger partial charge on any atom is 0.220 e. The molecule has 2 atom stereocenters. The van der Waals surface area contributed by atoms with E-state index in [0.717, 1.165) is 32.1 Å². The molecule has 0 aliphatic heterocycles. The van der Waals surface area contributed by atoms with E-state index >= 15 is 0 Å². The van der Waals surface area contributed by atoms with E-state index in [0.29, 0.717) is 6.42 Å². The number of nitrogens with one attached hydrogen (secondary N) is 1. The lowest BCUT2D eigenvalue weighted by molar-refractivity contribution is -0.123. The Morgan fingerprint density at radius 3 is 1.76 bits per heavy atom. The summed E-state index contributed by atoms with van der Waals surface area (Å²) in [7, 11) is 0. The van der Waals surface area contributed by atoms with Crippen LogP contribution >= 0.6 is 0 Å². The third-order valence-electron chi connectivity index (χ3n) is 6.19. The summed E-state index contributed by atoms with van der Waals surface area (Å²) in [6, 6.07) is -0.629. The summed E-state index contributed by atoms with van der Waals surface area (Å²) in [4.78, 5) is 12.1. The van der Waals surface area contributed by atoms with E-state index in [1.54, 1.807) is 6.08 Å². The number of aliphatic hydroxyl groups excluding tert-OH is 2. The molecule has 0 saturated heterocycles. The molecule has 1 amide bonds. The lowest BCUT2D eigenvalue weighted by Crippen LogP contribution is -2.45. The zero-order valence-corrected chi connectivity index (χ0v) is 21.9. The highest BCUT2D eigenvalue weighted by atomic mass is 16.3. The minimum absolute atomic E-state index is 0.0867. The van der Waals surface area contributed by atoms with E-state index in [1.165, 1.54) is 83.5 Å². The van der Waals surface area contributed by atoms with Crippen molar-refractivity contribution in [3.05, 3.63) is 24.3 Å². The fourth-order valence-corrected chi connectivity index (χ4v) is 3.95. The molecule has 2 unspecified atom stereocenters. The molecule has 0 heterocycles. The molecular formula is C29H55NO3. The minimum atomic E-state index is -0.852. The van der Waals surface area contributed by atoms with E-state index in [1.807, 2.05) is 6.08 Å². The number of aliphatic hydroxyl groups is 2. The van der Waals surface area contributed by atoms with Crippen molar-refractivity contribution in [3.63, 3.8) is 0 Å². The molecule has 0 aromatic carbocycles. The van der Waals surface area contributed by atoms with Gasteiger partial charge in [0.15, 0.2) is 0 Å². The van der Waals surface area contributed by atoms with E-state index in [9.17, 15) is 15.0 Å². The Morgan fingerprint density at radius 1 is 0.697 bits per heavy atom. The quantitative estimate of drug-likeness (QED) is 0.103. The van der Waals surface area contributed by atoms with Crippen LogP contribution in [0.25, 0.3) is 0 Å². The fraction of sp³-hybridized carbons (Fsp3) is 0.828. The first-order valence-corrected chi connectivity index (χ1v) is 14.1. The predicted molar refractivity (Wildman–Crippen MR) is 142 cm³/mol. The Morgan fingerprint density at radius 2 is 1.18 bits per heavy atom. The highest BCUT2D eigenvalue weighted by Gasteiger charge is 2.17. The van der Waals surface area contributed by atoms with Crippen molar-refractivity contribution in [1.82, 2.24) is 5.32 Å². The van der Waals surface area contributed by atoms with Crippen LogP contribution in [-0.2, 0) is 4.79 Å². The molecule has 194 valence electrons. The van der Waals surface area contributed by atoms with Gasteiger partial charge in [0.1, 0.15) is 0 Å². The first-order valence-electron chi connectivity index (χ1n) is 14.1. The summed E-state index contributed by atoms with van der Waals surface area (Å²) in [6.45, 7) is 4.20. The van der Waals surface area contributed by atoms with Crippen LogP contribution in [0.4, 0.5) is 0 Å². The topological polar surface area (TPSA) is 69.6 Å². The van der Waals surface area contributed by atoms with Gasteiger partial charge in [-0.25, -0.2) is 0 Å². The second kappa shape index (κ2) is 25.5. The Balaban J connectivity index is 3.74. The van der Waals surface area contributed by atoms with Crippen LogP contribution in [0.1, 0.15) is 136 Å². The van der Waals surface area contributed by atoms with Crippen molar-refractivity contribution in [2.45, 2.75) is 148 Å². The average molecular weight is 466 g/mol. The van der Waals surface area contributed by atoms with Crippen LogP contribution in [0.5, 0.6) is 0 Å². The van der Waals surface area contributed by atoms with Crippen molar-refractivity contribution >= 4 is 5.91 Å². The third kappa shape index (κ3) is 22.4. The van der Waals surface area contributed by atoms with Crippen LogP contribution < -0.4 is 5.32 Å². The Bertz CT molecular complexity index is 475. The summed E-state index contributed by atoms with van der Waals surface area (Å²) in [5.74, 6) is -0.0867. The second-order valence-electron chi connectivity index (χ2n) is 9.46. The van der Waals surface area contributed by atoms with Crippen molar-refractivity contribution in [2.24, 2.45) is 0 Å². The van der Waals surface area contributed by atoms with Gasteiger partial charge in [0.2, 0.25) is 5.91 Å². The Labute approximate surface area is 205 Å². The Kier molecular flexibility index (Phi) is 24.6. The van der Waals surface area contributed by atoms with Gasteiger partial charge in [0.05, 0.1) is 18.8 Å². The second-order valence-corrected chi connectivity index (χ2v) is 9.46. The number of rotatable bonds is 24. The molecule has 0 bridgehead atoms. The van der Waals surface area contributed by atoms with Crippen molar-refractivity contribution in [3.8, 4) is 0 Å². The molecule has 0 spiro atoms. The Hall–Kier alpha value is -1.13. The van der Waals surface area contributed by atoms with Gasteiger partial charge in [-0.1, -0.05) is 122 Å². The molecule has 0 fully saturated rings. The third-order valence-corrected chi connectivity index (χ3v) is 6.19. The molecule has 0 saturated carbocycles. The van der Waals surface area contributed by atoms with E-state index in [2.05, 4.69) is 31.3 Å². The molecule has 33 heavy (non-hydrogen) atoms. The standard InChI is InChI=1S/C29H55NO3/c1-3-5-7-9-11-12-13-14-15-16-17-18-19-20-22-24-28(32)27(26-31)30-29(33)25-23-21-10-8-6-4-2/h17-18,22,24,27-28,31-32H,3-16,19-21,23,25-26H2,1-2H3,(H,30,33)/b18-17+,24-22+. The average Bonchev–Trinajstić information content (AvgIpc) is 2.82. The monoisotopic (exact) mass is 465 g/mol.